The average Bonchev–Trinajstić information content (AvgIpc) is 2.15. The highest BCUT2D eigenvalue weighted by molar-refractivity contribution is 6.33. The van der Waals surface area contributed by atoms with E-state index in [0.717, 1.165) is 6.20 Å². The van der Waals surface area contributed by atoms with E-state index in [4.69, 9.17) is 11.6 Å². The van der Waals surface area contributed by atoms with Crippen LogP contribution in [-0.2, 0) is 0 Å². The Labute approximate surface area is 87.7 Å². The van der Waals surface area contributed by atoms with Crippen LogP contribution in [0.5, 0.6) is 0 Å². The summed E-state index contributed by atoms with van der Waals surface area (Å²) in [7, 11) is 0. The summed E-state index contributed by atoms with van der Waals surface area (Å²) in [6.07, 6.45) is 1.06. The van der Waals surface area contributed by atoms with Crippen LogP contribution in [0.25, 0.3) is 11.0 Å². The first-order chi connectivity index (χ1) is 7.08. The lowest BCUT2D eigenvalue weighted by molar-refractivity contribution is -0.384. The Kier molecular flexibility index (Phi) is 2.12. The molecule has 76 valence electrons. The Hall–Kier alpha value is -1.95. The first-order valence-corrected chi connectivity index (χ1v) is 4.29. The highest BCUT2D eigenvalue weighted by atomic mass is 35.5. The van der Waals surface area contributed by atoms with Gasteiger partial charge in [-0.2, -0.15) is 0 Å². The second-order valence-corrected chi connectivity index (χ2v) is 3.23. The number of halogens is 1. The van der Waals surface area contributed by atoms with Crippen LogP contribution < -0.4 is 5.56 Å². The Morgan fingerprint density at radius 2 is 2.20 bits per heavy atom. The van der Waals surface area contributed by atoms with Crippen molar-refractivity contribution in [3.63, 3.8) is 0 Å². The van der Waals surface area contributed by atoms with Crippen molar-refractivity contribution in [1.29, 1.82) is 0 Å². The van der Waals surface area contributed by atoms with Crippen molar-refractivity contribution in [2.75, 3.05) is 0 Å². The third kappa shape index (κ3) is 1.66. The Morgan fingerprint density at radius 1 is 1.47 bits per heavy atom. The summed E-state index contributed by atoms with van der Waals surface area (Å²) < 4.78 is 0. The number of fused-ring (bicyclic) bond motifs is 1. The van der Waals surface area contributed by atoms with Crippen LogP contribution in [0.2, 0.25) is 5.02 Å². The molecule has 0 fully saturated rings. The van der Waals surface area contributed by atoms with Crippen molar-refractivity contribution in [2.24, 2.45) is 0 Å². The fourth-order valence-electron chi connectivity index (χ4n) is 1.19. The molecule has 15 heavy (non-hydrogen) atoms. The van der Waals surface area contributed by atoms with Gasteiger partial charge in [0.25, 0.3) is 11.2 Å². The molecule has 0 radical (unpaired) electrons. The predicted octanol–water partition coefficient (Wildman–Crippen LogP) is 1.48. The third-order valence-electron chi connectivity index (χ3n) is 1.84. The van der Waals surface area contributed by atoms with Gasteiger partial charge in [0.2, 0.25) is 0 Å². The lowest BCUT2D eigenvalue weighted by Crippen LogP contribution is -2.05. The first kappa shape index (κ1) is 9.60. The molecule has 1 aromatic carbocycles. The zero-order valence-corrected chi connectivity index (χ0v) is 7.99. The molecule has 0 unspecified atom stereocenters. The Balaban J connectivity index is 2.82. The monoisotopic (exact) mass is 225 g/mol. The minimum atomic E-state index is -0.603. The van der Waals surface area contributed by atoms with Crippen molar-refractivity contribution < 1.29 is 4.92 Å². The second kappa shape index (κ2) is 3.32. The molecule has 0 saturated heterocycles. The van der Waals surface area contributed by atoms with Crippen LogP contribution in [-0.4, -0.2) is 14.9 Å². The van der Waals surface area contributed by atoms with E-state index in [9.17, 15) is 14.9 Å². The van der Waals surface area contributed by atoms with Gasteiger partial charge in [-0.15, -0.1) is 0 Å². The number of benzene rings is 1. The number of hydrogen-bond acceptors (Lipinski definition) is 4. The molecule has 0 bridgehead atoms. The van der Waals surface area contributed by atoms with E-state index in [0.29, 0.717) is 11.0 Å². The molecule has 0 saturated carbocycles. The van der Waals surface area contributed by atoms with Gasteiger partial charge in [0.15, 0.2) is 0 Å². The number of H-pyrrole nitrogens is 1. The fourth-order valence-corrected chi connectivity index (χ4v) is 1.42. The van der Waals surface area contributed by atoms with E-state index in [-0.39, 0.29) is 16.3 Å². The molecule has 1 N–H and O–H groups in total. The van der Waals surface area contributed by atoms with Gasteiger partial charge in [0.05, 0.1) is 22.2 Å². The van der Waals surface area contributed by atoms with Crippen molar-refractivity contribution in [3.05, 3.63) is 43.8 Å². The second-order valence-electron chi connectivity index (χ2n) is 2.83. The summed E-state index contributed by atoms with van der Waals surface area (Å²) in [4.78, 5) is 27.1. The zero-order chi connectivity index (χ0) is 11.0. The summed E-state index contributed by atoms with van der Waals surface area (Å²) in [5, 5.41) is 10.5. The maximum atomic E-state index is 10.9. The molecule has 0 atom stereocenters. The summed E-state index contributed by atoms with van der Waals surface area (Å²) in [6, 6.07) is 2.52. The summed E-state index contributed by atoms with van der Waals surface area (Å²) >= 11 is 5.66. The predicted molar refractivity (Wildman–Crippen MR) is 54.0 cm³/mol. The molecule has 6 nitrogen and oxygen atoms in total. The minimum Gasteiger partial charge on any atom is -0.319 e. The smallest absolute Gasteiger partial charge is 0.290 e. The maximum absolute atomic E-state index is 10.9. The normalized spacial score (nSPS) is 10.5. The molecule has 1 aromatic heterocycles. The van der Waals surface area contributed by atoms with E-state index in [1.165, 1.54) is 12.1 Å². The van der Waals surface area contributed by atoms with Gasteiger partial charge in [-0.3, -0.25) is 14.9 Å². The van der Waals surface area contributed by atoms with Crippen molar-refractivity contribution in [3.8, 4) is 0 Å². The SMILES string of the molecule is O=c1cnc2cc([N+](=O)[O-])c(Cl)cc2[nH]1. The first-order valence-electron chi connectivity index (χ1n) is 3.91. The molecule has 1 heterocycles. The van der Waals surface area contributed by atoms with Gasteiger partial charge in [-0.25, -0.2) is 4.98 Å². The number of nitro benzene ring substituents is 1. The molecular formula is C8H4ClN3O3. The molecule has 0 aliphatic heterocycles. The Bertz CT molecular complexity index is 608. The highest BCUT2D eigenvalue weighted by Crippen LogP contribution is 2.27. The van der Waals surface area contributed by atoms with E-state index < -0.39 is 4.92 Å². The van der Waals surface area contributed by atoms with E-state index in [1.54, 1.807) is 0 Å². The minimum absolute atomic E-state index is 0.0313. The number of rotatable bonds is 1. The lowest BCUT2D eigenvalue weighted by atomic mass is 10.2. The van der Waals surface area contributed by atoms with Crippen molar-refractivity contribution in [2.45, 2.75) is 0 Å². The van der Waals surface area contributed by atoms with Crippen LogP contribution in [0, 0.1) is 10.1 Å². The molecule has 7 heteroatoms. The van der Waals surface area contributed by atoms with Gasteiger partial charge in [0.1, 0.15) is 5.02 Å². The lowest BCUT2D eigenvalue weighted by Gasteiger charge is -1.98. The van der Waals surface area contributed by atoms with Gasteiger partial charge in [0, 0.05) is 6.07 Å². The van der Waals surface area contributed by atoms with E-state index >= 15 is 0 Å². The van der Waals surface area contributed by atoms with E-state index in [2.05, 4.69) is 9.97 Å². The average molecular weight is 226 g/mol. The maximum Gasteiger partial charge on any atom is 0.290 e. The quantitative estimate of drug-likeness (QED) is 0.588. The van der Waals surface area contributed by atoms with Gasteiger partial charge < -0.3 is 4.98 Å². The summed E-state index contributed by atoms with van der Waals surface area (Å²) in [5.74, 6) is 0. The molecule has 0 amide bonds. The molecule has 0 aliphatic carbocycles. The third-order valence-corrected chi connectivity index (χ3v) is 2.14. The van der Waals surface area contributed by atoms with Crippen molar-refractivity contribution >= 4 is 28.3 Å². The molecule has 0 spiro atoms. The summed E-state index contributed by atoms with van der Waals surface area (Å²) in [5.41, 5.74) is 0.0833. The highest BCUT2D eigenvalue weighted by Gasteiger charge is 2.13. The number of aromatic amines is 1. The molecule has 0 aliphatic rings. The zero-order valence-electron chi connectivity index (χ0n) is 7.23. The number of nitrogens with one attached hydrogen (secondary N) is 1. The standard InChI is InChI=1S/C8H4ClN3O3/c9-4-1-6-5(2-7(4)12(14)15)10-3-8(13)11-6/h1-3H,(H,11,13). The van der Waals surface area contributed by atoms with Crippen LogP contribution >= 0.6 is 11.6 Å². The van der Waals surface area contributed by atoms with E-state index in [1.807, 2.05) is 0 Å². The number of hydrogen-bond donors (Lipinski definition) is 1. The van der Waals surface area contributed by atoms with Crippen LogP contribution in [0.1, 0.15) is 0 Å². The van der Waals surface area contributed by atoms with Gasteiger partial charge >= 0.3 is 0 Å². The van der Waals surface area contributed by atoms with Crippen LogP contribution in [0.3, 0.4) is 0 Å². The van der Waals surface area contributed by atoms with Crippen molar-refractivity contribution in [1.82, 2.24) is 9.97 Å². The van der Waals surface area contributed by atoms with Gasteiger partial charge in [-0.1, -0.05) is 11.6 Å². The van der Waals surface area contributed by atoms with Crippen LogP contribution in [0.15, 0.2) is 23.1 Å². The molecular weight excluding hydrogens is 222 g/mol. The Morgan fingerprint density at radius 3 is 2.87 bits per heavy atom. The number of nitro groups is 1. The van der Waals surface area contributed by atoms with Crippen LogP contribution in [0.4, 0.5) is 5.69 Å². The largest absolute Gasteiger partial charge is 0.319 e. The topological polar surface area (TPSA) is 88.9 Å². The van der Waals surface area contributed by atoms with Gasteiger partial charge in [-0.05, 0) is 6.07 Å². The number of nitrogens with zero attached hydrogens (tertiary/aromatic N) is 2. The summed E-state index contributed by atoms with van der Waals surface area (Å²) in [6.45, 7) is 0. The fraction of sp³-hybridized carbons (Fsp3) is 0. The molecule has 2 aromatic rings. The number of aromatic nitrogens is 2. The molecule has 2 rings (SSSR count).